The number of carbonyl (C=O) groups excluding carboxylic acids is 1. The molecule has 5 heteroatoms. The highest BCUT2D eigenvalue weighted by atomic mass is 16.5. The molecule has 0 radical (unpaired) electrons. The summed E-state index contributed by atoms with van der Waals surface area (Å²) in [6.07, 6.45) is 0.499. The van der Waals surface area contributed by atoms with E-state index in [9.17, 15) is 4.79 Å². The summed E-state index contributed by atoms with van der Waals surface area (Å²) in [5.41, 5.74) is 0.347. The Morgan fingerprint density at radius 2 is 2.05 bits per heavy atom. The van der Waals surface area contributed by atoms with Gasteiger partial charge in [0.2, 0.25) is 0 Å². The van der Waals surface area contributed by atoms with Crippen molar-refractivity contribution in [2.24, 2.45) is 0 Å². The van der Waals surface area contributed by atoms with Crippen LogP contribution in [0.4, 0.5) is 0 Å². The molecule has 21 heavy (non-hydrogen) atoms. The van der Waals surface area contributed by atoms with Crippen molar-refractivity contribution < 1.29 is 19.0 Å². The number of hydrogen-bond donors (Lipinski definition) is 1. The molecule has 0 spiro atoms. The van der Waals surface area contributed by atoms with Gasteiger partial charge in [-0.2, -0.15) is 0 Å². The number of methoxy groups -OCH3 is 1. The number of hydrogen-bond acceptors (Lipinski definition) is 5. The van der Waals surface area contributed by atoms with Crippen LogP contribution < -0.4 is 14.8 Å². The Hall–Kier alpha value is -1.75. The molecule has 0 bridgehead atoms. The molecule has 1 rings (SSSR count). The van der Waals surface area contributed by atoms with Gasteiger partial charge in [-0.3, -0.25) is 4.79 Å². The van der Waals surface area contributed by atoms with Crippen molar-refractivity contribution in [3.05, 3.63) is 23.8 Å². The fourth-order valence-corrected chi connectivity index (χ4v) is 1.88. The minimum Gasteiger partial charge on any atom is -0.493 e. The van der Waals surface area contributed by atoms with E-state index in [0.29, 0.717) is 31.1 Å². The van der Waals surface area contributed by atoms with E-state index in [2.05, 4.69) is 5.32 Å². The number of esters is 1. The predicted molar refractivity (Wildman–Crippen MR) is 81.9 cm³/mol. The highest BCUT2D eigenvalue weighted by molar-refractivity contribution is 5.80. The molecule has 0 aliphatic heterocycles. The monoisotopic (exact) mass is 295 g/mol. The van der Waals surface area contributed by atoms with Gasteiger partial charge in [-0.15, -0.1) is 0 Å². The SMILES string of the molecule is CCOC(=O)C(C)(CCOc1ccc(C)cc1OC)NC. The number of ether oxygens (including phenoxy) is 3. The molecule has 1 unspecified atom stereocenters. The summed E-state index contributed by atoms with van der Waals surface area (Å²) in [6.45, 7) is 6.34. The number of carbonyl (C=O) groups is 1. The maximum Gasteiger partial charge on any atom is 0.326 e. The fourth-order valence-electron chi connectivity index (χ4n) is 1.88. The Kier molecular flexibility index (Phi) is 6.49. The van der Waals surface area contributed by atoms with E-state index in [-0.39, 0.29) is 5.97 Å². The average Bonchev–Trinajstić information content (AvgIpc) is 2.48. The van der Waals surface area contributed by atoms with Gasteiger partial charge in [-0.05, 0) is 45.5 Å². The zero-order valence-electron chi connectivity index (χ0n) is 13.5. The van der Waals surface area contributed by atoms with Crippen LogP contribution in [-0.4, -0.2) is 38.9 Å². The lowest BCUT2D eigenvalue weighted by Crippen LogP contribution is -2.49. The zero-order chi connectivity index (χ0) is 15.9. The van der Waals surface area contributed by atoms with Crippen LogP contribution in [0.1, 0.15) is 25.8 Å². The first-order valence-corrected chi connectivity index (χ1v) is 7.10. The summed E-state index contributed by atoms with van der Waals surface area (Å²) in [7, 11) is 3.35. The molecule has 118 valence electrons. The summed E-state index contributed by atoms with van der Waals surface area (Å²) in [6, 6.07) is 5.74. The molecule has 5 nitrogen and oxygen atoms in total. The molecule has 1 aromatic rings. The van der Waals surface area contributed by atoms with Crippen molar-refractivity contribution >= 4 is 5.97 Å². The van der Waals surface area contributed by atoms with Crippen molar-refractivity contribution in [2.75, 3.05) is 27.4 Å². The van der Waals surface area contributed by atoms with E-state index >= 15 is 0 Å². The molecule has 0 fully saturated rings. The van der Waals surface area contributed by atoms with Crippen molar-refractivity contribution in [1.82, 2.24) is 5.32 Å². The molecule has 0 saturated heterocycles. The van der Waals surface area contributed by atoms with E-state index in [0.717, 1.165) is 5.56 Å². The summed E-state index contributed by atoms with van der Waals surface area (Å²) in [5.74, 6) is 1.09. The van der Waals surface area contributed by atoms with Crippen molar-refractivity contribution in [1.29, 1.82) is 0 Å². The second kappa shape index (κ2) is 7.88. The highest BCUT2D eigenvalue weighted by Crippen LogP contribution is 2.28. The Morgan fingerprint density at radius 1 is 1.33 bits per heavy atom. The molecule has 0 saturated carbocycles. The van der Waals surface area contributed by atoms with Crippen LogP contribution in [0.2, 0.25) is 0 Å². The molecule has 0 aromatic heterocycles. The Bertz CT molecular complexity index is 475. The standard InChI is InChI=1S/C16H25NO4/c1-6-20-15(18)16(3,17-4)9-10-21-13-8-7-12(2)11-14(13)19-5/h7-8,11,17H,6,9-10H2,1-5H3. The van der Waals surface area contributed by atoms with E-state index in [1.54, 1.807) is 28.0 Å². The van der Waals surface area contributed by atoms with Crippen LogP contribution in [0.25, 0.3) is 0 Å². The average molecular weight is 295 g/mol. The fraction of sp³-hybridized carbons (Fsp3) is 0.562. The molecule has 1 N–H and O–H groups in total. The molecule has 1 aromatic carbocycles. The van der Waals surface area contributed by atoms with E-state index in [1.807, 2.05) is 25.1 Å². The number of benzene rings is 1. The summed E-state index contributed by atoms with van der Waals surface area (Å²) >= 11 is 0. The third kappa shape index (κ3) is 4.63. The van der Waals surface area contributed by atoms with Crippen molar-refractivity contribution in [3.63, 3.8) is 0 Å². The van der Waals surface area contributed by atoms with Crippen molar-refractivity contribution in [3.8, 4) is 11.5 Å². The molecule has 0 amide bonds. The molecule has 0 aliphatic carbocycles. The number of nitrogens with one attached hydrogen (secondary N) is 1. The first-order chi connectivity index (χ1) is 9.96. The van der Waals surface area contributed by atoms with Crippen LogP contribution in [-0.2, 0) is 9.53 Å². The van der Waals surface area contributed by atoms with Crippen LogP contribution in [0.5, 0.6) is 11.5 Å². The minimum absolute atomic E-state index is 0.271. The lowest BCUT2D eigenvalue weighted by Gasteiger charge is -2.26. The maximum atomic E-state index is 11.9. The van der Waals surface area contributed by atoms with Gasteiger partial charge < -0.3 is 19.5 Å². The van der Waals surface area contributed by atoms with Gasteiger partial charge in [-0.25, -0.2) is 0 Å². The Balaban J connectivity index is 2.65. The summed E-state index contributed by atoms with van der Waals surface area (Å²) in [4.78, 5) is 11.9. The van der Waals surface area contributed by atoms with Gasteiger partial charge in [-0.1, -0.05) is 6.07 Å². The summed E-state index contributed by atoms with van der Waals surface area (Å²) in [5, 5.41) is 3.00. The van der Waals surface area contributed by atoms with E-state index < -0.39 is 5.54 Å². The van der Waals surface area contributed by atoms with Crippen LogP contribution >= 0.6 is 0 Å². The maximum absolute atomic E-state index is 11.9. The minimum atomic E-state index is -0.756. The highest BCUT2D eigenvalue weighted by Gasteiger charge is 2.32. The predicted octanol–water partition coefficient (Wildman–Crippen LogP) is 2.31. The smallest absolute Gasteiger partial charge is 0.326 e. The topological polar surface area (TPSA) is 56.8 Å². The van der Waals surface area contributed by atoms with E-state index in [4.69, 9.17) is 14.2 Å². The lowest BCUT2D eigenvalue weighted by molar-refractivity contribution is -0.150. The molecule has 0 aliphatic rings. The molecule has 0 heterocycles. The lowest BCUT2D eigenvalue weighted by atomic mass is 9.99. The van der Waals surface area contributed by atoms with Crippen LogP contribution in [0.3, 0.4) is 0 Å². The summed E-state index contributed by atoms with van der Waals surface area (Å²) < 4.78 is 16.1. The van der Waals surface area contributed by atoms with Crippen molar-refractivity contribution in [2.45, 2.75) is 32.7 Å². The van der Waals surface area contributed by atoms with Gasteiger partial charge in [0, 0.05) is 6.42 Å². The van der Waals surface area contributed by atoms with E-state index in [1.165, 1.54) is 0 Å². The van der Waals surface area contributed by atoms with Gasteiger partial charge in [0.05, 0.1) is 20.3 Å². The van der Waals surface area contributed by atoms with Gasteiger partial charge in [0.1, 0.15) is 5.54 Å². The van der Waals surface area contributed by atoms with Gasteiger partial charge in [0.25, 0.3) is 0 Å². The van der Waals surface area contributed by atoms with Gasteiger partial charge >= 0.3 is 5.97 Å². The van der Waals surface area contributed by atoms with Gasteiger partial charge in [0.15, 0.2) is 11.5 Å². The second-order valence-electron chi connectivity index (χ2n) is 5.06. The zero-order valence-corrected chi connectivity index (χ0v) is 13.5. The quantitative estimate of drug-likeness (QED) is 0.746. The van der Waals surface area contributed by atoms with Crippen LogP contribution in [0, 0.1) is 6.92 Å². The second-order valence-corrected chi connectivity index (χ2v) is 5.06. The third-order valence-electron chi connectivity index (χ3n) is 3.46. The number of rotatable bonds is 8. The molecular formula is C16H25NO4. The Labute approximate surface area is 126 Å². The number of likely N-dealkylation sites (N-methyl/N-ethyl adjacent to an activating group) is 1. The number of aryl methyl sites for hydroxylation is 1. The Morgan fingerprint density at radius 3 is 2.62 bits per heavy atom. The third-order valence-corrected chi connectivity index (χ3v) is 3.46. The largest absolute Gasteiger partial charge is 0.493 e. The molecular weight excluding hydrogens is 270 g/mol. The normalized spacial score (nSPS) is 13.4. The first kappa shape index (κ1) is 17.3. The van der Waals surface area contributed by atoms with Crippen LogP contribution in [0.15, 0.2) is 18.2 Å². The first-order valence-electron chi connectivity index (χ1n) is 7.10. The molecule has 1 atom stereocenters.